The molecule has 1 atom stereocenters. The Bertz CT molecular complexity index is 385. The van der Waals surface area contributed by atoms with Crippen LogP contribution in [-0.4, -0.2) is 28.7 Å². The van der Waals surface area contributed by atoms with Gasteiger partial charge in [0.05, 0.1) is 6.54 Å². The van der Waals surface area contributed by atoms with Gasteiger partial charge in [-0.2, -0.15) is 0 Å². The fourth-order valence-corrected chi connectivity index (χ4v) is 1.30. The molecule has 0 bridgehead atoms. The van der Waals surface area contributed by atoms with Crippen molar-refractivity contribution in [2.45, 2.75) is 13.0 Å². The Morgan fingerprint density at radius 3 is 2.25 bits per heavy atom. The standard InChI is InChI=1S/C11H13NO4/c1-7-2-4-8(5-3-7)10(11(15)16)12-6-9(13)14/h2-5,10,12H,6H2,1H3,(H,13,14)(H,15,16). The van der Waals surface area contributed by atoms with Gasteiger partial charge in [-0.15, -0.1) is 0 Å². The Hall–Kier alpha value is -1.88. The summed E-state index contributed by atoms with van der Waals surface area (Å²) in [5.41, 5.74) is 1.56. The van der Waals surface area contributed by atoms with E-state index in [9.17, 15) is 9.59 Å². The summed E-state index contributed by atoms with van der Waals surface area (Å²) >= 11 is 0. The molecule has 3 N–H and O–H groups in total. The summed E-state index contributed by atoms with van der Waals surface area (Å²) in [6.07, 6.45) is 0. The van der Waals surface area contributed by atoms with Crippen LogP contribution in [-0.2, 0) is 9.59 Å². The topological polar surface area (TPSA) is 86.6 Å². The van der Waals surface area contributed by atoms with Crippen molar-refractivity contribution < 1.29 is 19.8 Å². The Balaban J connectivity index is 2.81. The minimum atomic E-state index is -1.09. The number of carboxylic acids is 2. The maximum Gasteiger partial charge on any atom is 0.325 e. The monoisotopic (exact) mass is 223 g/mol. The Labute approximate surface area is 92.7 Å². The molecule has 0 aliphatic carbocycles. The first kappa shape index (κ1) is 12.2. The Morgan fingerprint density at radius 1 is 1.25 bits per heavy atom. The predicted molar refractivity (Wildman–Crippen MR) is 57.2 cm³/mol. The van der Waals surface area contributed by atoms with E-state index in [1.165, 1.54) is 0 Å². The van der Waals surface area contributed by atoms with E-state index in [1.807, 2.05) is 6.92 Å². The van der Waals surface area contributed by atoms with Crippen LogP contribution in [0.4, 0.5) is 0 Å². The molecule has 86 valence electrons. The van der Waals surface area contributed by atoms with Crippen LogP contribution < -0.4 is 5.32 Å². The van der Waals surface area contributed by atoms with Gasteiger partial charge in [0.1, 0.15) is 6.04 Å². The maximum absolute atomic E-state index is 10.9. The summed E-state index contributed by atoms with van der Waals surface area (Å²) in [6.45, 7) is 1.51. The average Bonchev–Trinajstić information content (AvgIpc) is 2.20. The third-order valence-electron chi connectivity index (χ3n) is 2.12. The molecule has 5 nitrogen and oxygen atoms in total. The lowest BCUT2D eigenvalue weighted by molar-refractivity contribution is -0.140. The molecule has 1 rings (SSSR count). The Kier molecular flexibility index (Phi) is 4.02. The van der Waals surface area contributed by atoms with Gasteiger partial charge in [0.2, 0.25) is 0 Å². The lowest BCUT2D eigenvalue weighted by Crippen LogP contribution is -2.32. The quantitative estimate of drug-likeness (QED) is 0.687. The summed E-state index contributed by atoms with van der Waals surface area (Å²) in [6, 6.07) is 5.92. The van der Waals surface area contributed by atoms with Crippen LogP contribution in [0.15, 0.2) is 24.3 Å². The number of carboxylic acid groups (broad SMARTS) is 2. The van der Waals surface area contributed by atoms with Crippen molar-refractivity contribution in [3.8, 4) is 0 Å². The molecule has 0 saturated carbocycles. The lowest BCUT2D eigenvalue weighted by atomic mass is 10.1. The van der Waals surface area contributed by atoms with Gasteiger partial charge in [-0.3, -0.25) is 14.9 Å². The van der Waals surface area contributed by atoms with Crippen molar-refractivity contribution in [2.75, 3.05) is 6.54 Å². The van der Waals surface area contributed by atoms with Gasteiger partial charge in [-0.05, 0) is 12.5 Å². The molecule has 0 aromatic heterocycles. The molecule has 0 radical (unpaired) electrons. The molecular formula is C11H13NO4. The first-order chi connectivity index (χ1) is 7.50. The van der Waals surface area contributed by atoms with Gasteiger partial charge in [-0.25, -0.2) is 0 Å². The molecule has 0 aliphatic rings. The molecule has 0 spiro atoms. The van der Waals surface area contributed by atoms with Crippen molar-refractivity contribution >= 4 is 11.9 Å². The maximum atomic E-state index is 10.9. The van der Waals surface area contributed by atoms with E-state index in [2.05, 4.69) is 5.32 Å². The first-order valence-electron chi connectivity index (χ1n) is 4.75. The van der Waals surface area contributed by atoms with E-state index in [1.54, 1.807) is 24.3 Å². The Morgan fingerprint density at radius 2 is 1.81 bits per heavy atom. The molecule has 0 saturated heterocycles. The molecule has 0 amide bonds. The zero-order valence-corrected chi connectivity index (χ0v) is 8.80. The number of rotatable bonds is 5. The number of aryl methyl sites for hydroxylation is 1. The van der Waals surface area contributed by atoms with Crippen LogP contribution >= 0.6 is 0 Å². The summed E-state index contributed by atoms with van der Waals surface area (Å²) in [7, 11) is 0. The number of aliphatic carboxylic acids is 2. The minimum absolute atomic E-state index is 0.384. The molecule has 0 fully saturated rings. The molecule has 0 aliphatic heterocycles. The van der Waals surface area contributed by atoms with Crippen molar-refractivity contribution in [3.05, 3.63) is 35.4 Å². The van der Waals surface area contributed by atoms with Crippen molar-refractivity contribution in [3.63, 3.8) is 0 Å². The van der Waals surface area contributed by atoms with E-state index < -0.39 is 18.0 Å². The summed E-state index contributed by atoms with van der Waals surface area (Å²) in [5.74, 6) is -2.18. The third kappa shape index (κ3) is 3.36. The van der Waals surface area contributed by atoms with Gasteiger partial charge in [0.25, 0.3) is 0 Å². The second kappa shape index (κ2) is 5.27. The highest BCUT2D eigenvalue weighted by atomic mass is 16.4. The average molecular weight is 223 g/mol. The number of hydrogen-bond donors (Lipinski definition) is 3. The van der Waals surface area contributed by atoms with Crippen molar-refractivity contribution in [1.29, 1.82) is 0 Å². The summed E-state index contributed by atoms with van der Waals surface area (Å²) in [5, 5.41) is 19.9. The van der Waals surface area contributed by atoms with Gasteiger partial charge in [0.15, 0.2) is 0 Å². The zero-order valence-electron chi connectivity index (χ0n) is 8.80. The molecule has 1 aromatic carbocycles. The van der Waals surface area contributed by atoms with E-state index >= 15 is 0 Å². The highest BCUT2D eigenvalue weighted by molar-refractivity contribution is 5.77. The SMILES string of the molecule is Cc1ccc(C(NCC(=O)O)C(=O)O)cc1. The lowest BCUT2D eigenvalue weighted by Gasteiger charge is -2.13. The number of carbonyl (C=O) groups is 2. The molecule has 16 heavy (non-hydrogen) atoms. The highest BCUT2D eigenvalue weighted by Crippen LogP contribution is 2.13. The normalized spacial score (nSPS) is 12.1. The second-order valence-corrected chi connectivity index (χ2v) is 3.46. The van der Waals surface area contributed by atoms with Crippen LogP contribution in [0.25, 0.3) is 0 Å². The smallest absolute Gasteiger partial charge is 0.325 e. The zero-order chi connectivity index (χ0) is 12.1. The largest absolute Gasteiger partial charge is 0.480 e. The van der Waals surface area contributed by atoms with Crippen LogP contribution in [0.2, 0.25) is 0 Å². The fourth-order valence-electron chi connectivity index (χ4n) is 1.30. The number of hydrogen-bond acceptors (Lipinski definition) is 3. The summed E-state index contributed by atoms with van der Waals surface area (Å²) < 4.78 is 0. The van der Waals surface area contributed by atoms with E-state index in [0.717, 1.165) is 5.56 Å². The van der Waals surface area contributed by atoms with Crippen LogP contribution in [0.3, 0.4) is 0 Å². The van der Waals surface area contributed by atoms with Crippen LogP contribution in [0.1, 0.15) is 17.2 Å². The van der Waals surface area contributed by atoms with Crippen LogP contribution in [0, 0.1) is 6.92 Å². The first-order valence-corrected chi connectivity index (χ1v) is 4.75. The highest BCUT2D eigenvalue weighted by Gasteiger charge is 2.19. The third-order valence-corrected chi connectivity index (χ3v) is 2.12. The molecule has 1 aromatic rings. The van der Waals surface area contributed by atoms with Crippen molar-refractivity contribution in [1.82, 2.24) is 5.32 Å². The number of benzene rings is 1. The number of nitrogens with one attached hydrogen (secondary N) is 1. The molecule has 0 heterocycles. The van der Waals surface area contributed by atoms with E-state index in [0.29, 0.717) is 5.56 Å². The van der Waals surface area contributed by atoms with Gasteiger partial charge >= 0.3 is 11.9 Å². The molecule has 1 unspecified atom stereocenters. The summed E-state index contributed by atoms with van der Waals surface area (Å²) in [4.78, 5) is 21.3. The van der Waals surface area contributed by atoms with Gasteiger partial charge < -0.3 is 10.2 Å². The van der Waals surface area contributed by atoms with Crippen molar-refractivity contribution in [2.24, 2.45) is 0 Å². The second-order valence-electron chi connectivity index (χ2n) is 3.46. The fraction of sp³-hybridized carbons (Fsp3) is 0.273. The minimum Gasteiger partial charge on any atom is -0.480 e. The van der Waals surface area contributed by atoms with E-state index in [4.69, 9.17) is 10.2 Å². The van der Waals surface area contributed by atoms with Crippen LogP contribution in [0.5, 0.6) is 0 Å². The van der Waals surface area contributed by atoms with E-state index in [-0.39, 0.29) is 6.54 Å². The predicted octanol–water partition coefficient (Wildman–Crippen LogP) is 0.795. The molecule has 5 heteroatoms. The van der Waals surface area contributed by atoms with Gasteiger partial charge in [-0.1, -0.05) is 29.8 Å². The molecular weight excluding hydrogens is 210 g/mol. The van der Waals surface area contributed by atoms with Gasteiger partial charge in [0, 0.05) is 0 Å².